The lowest BCUT2D eigenvalue weighted by molar-refractivity contribution is -0.129. The Morgan fingerprint density at radius 3 is 3.05 bits per heavy atom. The molecule has 0 unspecified atom stereocenters. The quantitative estimate of drug-likeness (QED) is 0.710. The van der Waals surface area contributed by atoms with Gasteiger partial charge in [0.25, 0.3) is 0 Å². The largest absolute Gasteiger partial charge is 0.299 e. The standard InChI is InChI=1S/C17H21NO/c1-17-8-6-13-12-7-9-18-10-11(12)2-3-14(13)15(17)4-5-16(17)19/h7,9-10,13-15H,2-6,8H2,1H3/t13-,14-,15+,17+/m1/s1. The highest BCUT2D eigenvalue weighted by Crippen LogP contribution is 2.59. The van der Waals surface area contributed by atoms with E-state index in [1.807, 2.05) is 6.20 Å². The van der Waals surface area contributed by atoms with Crippen molar-refractivity contribution in [2.24, 2.45) is 17.3 Å². The first-order valence-electron chi connectivity index (χ1n) is 7.66. The number of aromatic nitrogens is 1. The van der Waals surface area contributed by atoms with Crippen LogP contribution < -0.4 is 0 Å². The molecule has 0 spiro atoms. The van der Waals surface area contributed by atoms with Crippen LogP contribution in [0, 0.1) is 17.3 Å². The van der Waals surface area contributed by atoms with Crippen LogP contribution >= 0.6 is 0 Å². The fourth-order valence-corrected chi connectivity index (χ4v) is 5.18. The number of carbonyl (C=O) groups is 1. The number of rotatable bonds is 0. The van der Waals surface area contributed by atoms with E-state index in [0.29, 0.717) is 17.6 Å². The number of fused-ring (bicyclic) bond motifs is 5. The minimum Gasteiger partial charge on any atom is -0.299 e. The lowest BCUT2D eigenvalue weighted by atomic mass is 9.56. The van der Waals surface area contributed by atoms with Crippen molar-refractivity contribution >= 4 is 5.78 Å². The molecule has 0 aliphatic heterocycles. The maximum absolute atomic E-state index is 12.2. The van der Waals surface area contributed by atoms with Gasteiger partial charge in [-0.25, -0.2) is 0 Å². The topological polar surface area (TPSA) is 30.0 Å². The molecule has 0 bridgehead atoms. The summed E-state index contributed by atoms with van der Waals surface area (Å²) in [5, 5.41) is 0. The molecule has 0 aromatic carbocycles. The number of pyridine rings is 1. The van der Waals surface area contributed by atoms with Gasteiger partial charge in [0.2, 0.25) is 0 Å². The van der Waals surface area contributed by atoms with Gasteiger partial charge in [0.05, 0.1) is 0 Å². The van der Waals surface area contributed by atoms with Crippen LogP contribution in [0.4, 0.5) is 0 Å². The average molecular weight is 255 g/mol. The van der Waals surface area contributed by atoms with Crippen molar-refractivity contribution in [1.82, 2.24) is 4.98 Å². The molecule has 1 aromatic rings. The molecule has 1 heterocycles. The predicted molar refractivity (Wildman–Crippen MR) is 73.9 cm³/mol. The molecule has 2 fully saturated rings. The maximum Gasteiger partial charge on any atom is 0.139 e. The summed E-state index contributed by atoms with van der Waals surface area (Å²) in [7, 11) is 0. The zero-order valence-electron chi connectivity index (χ0n) is 11.6. The van der Waals surface area contributed by atoms with Gasteiger partial charge in [-0.3, -0.25) is 9.78 Å². The third kappa shape index (κ3) is 1.49. The molecule has 2 saturated carbocycles. The fraction of sp³-hybridized carbons (Fsp3) is 0.647. The van der Waals surface area contributed by atoms with E-state index in [-0.39, 0.29) is 5.41 Å². The SMILES string of the molecule is C[C@]12CC[C@@H]3c4ccncc4CC[C@H]3[C@@H]1CCC2=O. The van der Waals surface area contributed by atoms with Crippen LogP contribution in [-0.4, -0.2) is 10.8 Å². The van der Waals surface area contributed by atoms with Crippen LogP contribution in [0.25, 0.3) is 0 Å². The molecule has 3 aliphatic rings. The minimum atomic E-state index is 0.00566. The number of aryl methyl sites for hydroxylation is 1. The smallest absolute Gasteiger partial charge is 0.139 e. The lowest BCUT2D eigenvalue weighted by Crippen LogP contribution is -2.42. The van der Waals surface area contributed by atoms with E-state index in [1.54, 1.807) is 0 Å². The van der Waals surface area contributed by atoms with Gasteiger partial charge in [0.15, 0.2) is 0 Å². The predicted octanol–water partition coefficient (Wildman–Crippen LogP) is 3.51. The van der Waals surface area contributed by atoms with Crippen LogP contribution in [0.15, 0.2) is 18.5 Å². The first-order chi connectivity index (χ1) is 9.20. The molecule has 2 nitrogen and oxygen atoms in total. The molecule has 0 saturated heterocycles. The molecule has 0 amide bonds. The average Bonchev–Trinajstić information content (AvgIpc) is 2.75. The Balaban J connectivity index is 1.74. The highest BCUT2D eigenvalue weighted by Gasteiger charge is 2.54. The van der Waals surface area contributed by atoms with Gasteiger partial charge in [-0.05, 0) is 67.1 Å². The van der Waals surface area contributed by atoms with Gasteiger partial charge >= 0.3 is 0 Å². The highest BCUT2D eigenvalue weighted by atomic mass is 16.1. The van der Waals surface area contributed by atoms with E-state index in [4.69, 9.17) is 0 Å². The molecular formula is C17H21NO. The molecule has 0 radical (unpaired) electrons. The minimum absolute atomic E-state index is 0.00566. The number of hydrogen-bond donors (Lipinski definition) is 0. The van der Waals surface area contributed by atoms with Gasteiger partial charge in [-0.15, -0.1) is 0 Å². The van der Waals surface area contributed by atoms with Crippen molar-refractivity contribution in [2.75, 3.05) is 0 Å². The second kappa shape index (κ2) is 3.91. The second-order valence-corrected chi connectivity index (χ2v) is 6.91. The summed E-state index contributed by atoms with van der Waals surface area (Å²) < 4.78 is 0. The summed E-state index contributed by atoms with van der Waals surface area (Å²) in [5.74, 6) is 2.60. The van der Waals surface area contributed by atoms with Crippen LogP contribution in [0.1, 0.15) is 56.1 Å². The van der Waals surface area contributed by atoms with Crippen LogP contribution in [-0.2, 0) is 11.2 Å². The van der Waals surface area contributed by atoms with Gasteiger partial charge < -0.3 is 0 Å². The molecule has 4 atom stereocenters. The van der Waals surface area contributed by atoms with Crippen LogP contribution in [0.2, 0.25) is 0 Å². The zero-order chi connectivity index (χ0) is 13.0. The number of hydrogen-bond acceptors (Lipinski definition) is 2. The van der Waals surface area contributed by atoms with E-state index in [9.17, 15) is 4.79 Å². The van der Waals surface area contributed by atoms with Gasteiger partial charge in [0.1, 0.15) is 5.78 Å². The Morgan fingerprint density at radius 1 is 1.26 bits per heavy atom. The van der Waals surface area contributed by atoms with Crippen molar-refractivity contribution in [3.8, 4) is 0 Å². The molecule has 19 heavy (non-hydrogen) atoms. The van der Waals surface area contributed by atoms with E-state index in [1.165, 1.54) is 24.0 Å². The van der Waals surface area contributed by atoms with Crippen molar-refractivity contribution in [3.63, 3.8) is 0 Å². The molecule has 2 heteroatoms. The maximum atomic E-state index is 12.2. The lowest BCUT2D eigenvalue weighted by Gasteiger charge is -2.48. The Labute approximate surface area is 114 Å². The first kappa shape index (κ1) is 11.6. The number of nitrogens with zero attached hydrogens (tertiary/aromatic N) is 1. The zero-order valence-corrected chi connectivity index (χ0v) is 11.6. The van der Waals surface area contributed by atoms with Crippen molar-refractivity contribution in [1.29, 1.82) is 0 Å². The normalized spacial score (nSPS) is 40.5. The van der Waals surface area contributed by atoms with E-state index >= 15 is 0 Å². The number of carbonyl (C=O) groups excluding carboxylic acids is 1. The van der Waals surface area contributed by atoms with Crippen molar-refractivity contribution in [3.05, 3.63) is 29.6 Å². The molecule has 100 valence electrons. The van der Waals surface area contributed by atoms with Crippen LogP contribution in [0.5, 0.6) is 0 Å². The summed E-state index contributed by atoms with van der Waals surface area (Å²) >= 11 is 0. The Morgan fingerprint density at radius 2 is 2.16 bits per heavy atom. The van der Waals surface area contributed by atoms with E-state index in [2.05, 4.69) is 24.2 Å². The summed E-state index contributed by atoms with van der Waals surface area (Å²) in [5.41, 5.74) is 3.00. The molecule has 1 aromatic heterocycles. The van der Waals surface area contributed by atoms with Gasteiger partial charge in [0, 0.05) is 24.2 Å². The molecular weight excluding hydrogens is 234 g/mol. The monoisotopic (exact) mass is 255 g/mol. The highest BCUT2D eigenvalue weighted by molar-refractivity contribution is 5.87. The summed E-state index contributed by atoms with van der Waals surface area (Å²) in [6.45, 7) is 2.24. The Kier molecular flexibility index (Phi) is 2.39. The summed E-state index contributed by atoms with van der Waals surface area (Å²) in [4.78, 5) is 16.5. The van der Waals surface area contributed by atoms with Crippen molar-refractivity contribution in [2.45, 2.75) is 51.4 Å². The van der Waals surface area contributed by atoms with E-state index < -0.39 is 0 Å². The Bertz CT molecular complexity index is 538. The molecule has 4 rings (SSSR count). The number of Topliss-reactive ketones (excluding diaryl/α,β-unsaturated/α-hetero) is 1. The molecule has 0 N–H and O–H groups in total. The fourth-order valence-electron chi connectivity index (χ4n) is 5.18. The third-order valence-corrected chi connectivity index (χ3v) is 6.23. The van der Waals surface area contributed by atoms with Gasteiger partial charge in [-0.1, -0.05) is 6.92 Å². The number of ketones is 1. The summed E-state index contributed by atoms with van der Waals surface area (Å²) in [6, 6.07) is 2.23. The van der Waals surface area contributed by atoms with Gasteiger partial charge in [-0.2, -0.15) is 0 Å². The molecule has 3 aliphatic carbocycles. The Hall–Kier alpha value is -1.18. The third-order valence-electron chi connectivity index (χ3n) is 6.23. The van der Waals surface area contributed by atoms with Crippen LogP contribution in [0.3, 0.4) is 0 Å². The summed E-state index contributed by atoms with van der Waals surface area (Å²) in [6.07, 6.45) is 10.7. The first-order valence-corrected chi connectivity index (χ1v) is 7.66. The van der Waals surface area contributed by atoms with E-state index in [0.717, 1.165) is 31.6 Å². The second-order valence-electron chi connectivity index (χ2n) is 6.91. The van der Waals surface area contributed by atoms with Crippen molar-refractivity contribution < 1.29 is 4.79 Å².